The van der Waals surface area contributed by atoms with Crippen molar-refractivity contribution in [2.75, 3.05) is 5.73 Å². The van der Waals surface area contributed by atoms with Gasteiger partial charge in [0.15, 0.2) is 0 Å². The zero-order valence-electron chi connectivity index (χ0n) is 14.2. The van der Waals surface area contributed by atoms with E-state index < -0.39 is 0 Å². The summed E-state index contributed by atoms with van der Waals surface area (Å²) < 4.78 is 0. The van der Waals surface area contributed by atoms with E-state index in [0.29, 0.717) is 11.2 Å². The van der Waals surface area contributed by atoms with E-state index in [0.717, 1.165) is 27.8 Å². The Morgan fingerprint density at radius 1 is 0.852 bits per heavy atom. The Balaban J connectivity index is 0.00000210. The van der Waals surface area contributed by atoms with Crippen molar-refractivity contribution in [3.63, 3.8) is 0 Å². The van der Waals surface area contributed by atoms with Gasteiger partial charge in [-0.3, -0.25) is 10.1 Å². The molecule has 4 rings (SSSR count). The second-order valence-corrected chi connectivity index (χ2v) is 6.01. The van der Waals surface area contributed by atoms with Crippen LogP contribution in [0.2, 0.25) is 0 Å². The highest BCUT2D eigenvalue weighted by molar-refractivity contribution is 5.98. The number of nitro groups is 1. The molecule has 3 aromatic carbocycles. The molecule has 5 nitrogen and oxygen atoms in total. The summed E-state index contributed by atoms with van der Waals surface area (Å²) in [6, 6.07) is 24.0. The largest absolute Gasteiger partial charge is 1.00 e. The van der Waals surface area contributed by atoms with E-state index >= 15 is 0 Å². The highest BCUT2D eigenvalue weighted by atomic mass is 35.5. The predicted octanol–water partition coefficient (Wildman–Crippen LogP) is 2.06. The second kappa shape index (κ2) is 7.43. The number of hydrogen-bond donors (Lipinski definition) is 1. The van der Waals surface area contributed by atoms with E-state index in [-0.39, 0.29) is 23.0 Å². The molecular weight excluding hydrogens is 362 g/mol. The minimum Gasteiger partial charge on any atom is -1.00 e. The molecule has 0 amide bonds. The van der Waals surface area contributed by atoms with Crippen LogP contribution in [0.4, 0.5) is 11.4 Å². The summed E-state index contributed by atoms with van der Waals surface area (Å²) in [5.41, 5.74) is 10.9. The first-order valence-corrected chi connectivity index (χ1v) is 8.12. The van der Waals surface area contributed by atoms with Gasteiger partial charge < -0.3 is 18.1 Å². The second-order valence-electron chi connectivity index (χ2n) is 6.01. The van der Waals surface area contributed by atoms with Crippen molar-refractivity contribution in [2.24, 2.45) is 0 Å². The molecular formula is C21H15ClN3O2-. The van der Waals surface area contributed by atoms with Crippen molar-refractivity contribution in [3.8, 4) is 22.4 Å². The molecule has 0 fully saturated rings. The average Bonchev–Trinajstić information content (AvgIpc) is 2.67. The van der Waals surface area contributed by atoms with Gasteiger partial charge in [-0.05, 0) is 35.4 Å². The number of non-ortho nitro benzene ring substituents is 1. The standard InChI is InChI=1S/C21H15N3O2.ClH/c22-16-8-4-7-15(11-16)21-13-18(14-5-2-1-3-6-14)19-12-17(24(25)26)9-10-20(19)23-21;/h1-13H,22H2;1H/p-1. The van der Waals surface area contributed by atoms with Gasteiger partial charge in [0.25, 0.3) is 5.69 Å². The highest BCUT2D eigenvalue weighted by Crippen LogP contribution is 2.34. The summed E-state index contributed by atoms with van der Waals surface area (Å²) >= 11 is 0. The van der Waals surface area contributed by atoms with E-state index in [1.807, 2.05) is 60.7 Å². The minimum atomic E-state index is -0.389. The van der Waals surface area contributed by atoms with Crippen molar-refractivity contribution in [2.45, 2.75) is 0 Å². The summed E-state index contributed by atoms with van der Waals surface area (Å²) in [5, 5.41) is 11.9. The molecule has 0 aliphatic rings. The topological polar surface area (TPSA) is 82.0 Å². The molecule has 4 aromatic rings. The third-order valence-corrected chi connectivity index (χ3v) is 4.27. The van der Waals surface area contributed by atoms with Crippen LogP contribution in [-0.4, -0.2) is 9.91 Å². The molecule has 6 heteroatoms. The number of rotatable bonds is 3. The lowest BCUT2D eigenvalue weighted by molar-refractivity contribution is -0.384. The van der Waals surface area contributed by atoms with Gasteiger partial charge in [-0.25, -0.2) is 4.98 Å². The molecule has 0 atom stereocenters. The molecule has 27 heavy (non-hydrogen) atoms. The van der Waals surface area contributed by atoms with Gasteiger partial charge in [-0.2, -0.15) is 0 Å². The third kappa shape index (κ3) is 3.59. The molecule has 0 spiro atoms. The lowest BCUT2D eigenvalue weighted by Crippen LogP contribution is -3.00. The number of nitrogens with two attached hydrogens (primary N) is 1. The van der Waals surface area contributed by atoms with Gasteiger partial charge in [0.1, 0.15) is 0 Å². The van der Waals surface area contributed by atoms with Crippen LogP contribution < -0.4 is 18.1 Å². The smallest absolute Gasteiger partial charge is 0.270 e. The molecule has 2 N–H and O–H groups in total. The Kier molecular flexibility index (Phi) is 5.05. The monoisotopic (exact) mass is 376 g/mol. The van der Waals surface area contributed by atoms with E-state index in [1.165, 1.54) is 6.07 Å². The zero-order valence-corrected chi connectivity index (χ0v) is 14.9. The quantitative estimate of drug-likeness (QED) is 0.337. The first-order valence-electron chi connectivity index (χ1n) is 8.12. The Hall–Kier alpha value is -3.44. The van der Waals surface area contributed by atoms with E-state index in [2.05, 4.69) is 0 Å². The van der Waals surface area contributed by atoms with Crippen molar-refractivity contribution in [1.29, 1.82) is 0 Å². The SMILES string of the molecule is Nc1cccc(-c2cc(-c3ccccc3)c3cc([N+](=O)[O-])ccc3n2)c1.[Cl-]. The van der Waals surface area contributed by atoms with Gasteiger partial charge in [0, 0.05) is 28.8 Å². The average molecular weight is 377 g/mol. The highest BCUT2D eigenvalue weighted by Gasteiger charge is 2.13. The number of fused-ring (bicyclic) bond motifs is 1. The van der Waals surface area contributed by atoms with Crippen LogP contribution in [0.1, 0.15) is 0 Å². The normalized spacial score (nSPS) is 10.4. The van der Waals surface area contributed by atoms with Crippen LogP contribution in [-0.2, 0) is 0 Å². The Morgan fingerprint density at radius 2 is 1.59 bits per heavy atom. The molecule has 0 saturated carbocycles. The summed E-state index contributed by atoms with van der Waals surface area (Å²) in [6.07, 6.45) is 0. The molecule has 1 heterocycles. The summed E-state index contributed by atoms with van der Waals surface area (Å²) in [5.74, 6) is 0. The first kappa shape index (κ1) is 18.4. The van der Waals surface area contributed by atoms with Crippen molar-refractivity contribution in [3.05, 3.63) is 89.0 Å². The lowest BCUT2D eigenvalue weighted by Gasteiger charge is -2.11. The fourth-order valence-corrected chi connectivity index (χ4v) is 3.03. The van der Waals surface area contributed by atoms with E-state index in [4.69, 9.17) is 10.7 Å². The fraction of sp³-hybridized carbons (Fsp3) is 0. The Bertz CT molecular complexity index is 1130. The number of hydrogen-bond acceptors (Lipinski definition) is 4. The maximum atomic E-state index is 11.2. The van der Waals surface area contributed by atoms with Gasteiger partial charge >= 0.3 is 0 Å². The van der Waals surface area contributed by atoms with Crippen molar-refractivity contribution < 1.29 is 17.3 Å². The number of anilines is 1. The molecule has 1 aromatic heterocycles. The maximum absolute atomic E-state index is 11.2. The Labute approximate surface area is 162 Å². The number of nitrogen functional groups attached to an aromatic ring is 1. The van der Waals surface area contributed by atoms with Gasteiger partial charge in [-0.15, -0.1) is 0 Å². The van der Waals surface area contributed by atoms with Gasteiger partial charge in [-0.1, -0.05) is 42.5 Å². The molecule has 0 bridgehead atoms. The molecule has 0 saturated heterocycles. The number of pyridine rings is 1. The molecule has 134 valence electrons. The van der Waals surface area contributed by atoms with Crippen LogP contribution in [0.5, 0.6) is 0 Å². The van der Waals surface area contributed by atoms with Gasteiger partial charge in [0.2, 0.25) is 0 Å². The third-order valence-electron chi connectivity index (χ3n) is 4.27. The van der Waals surface area contributed by atoms with Crippen LogP contribution in [0.15, 0.2) is 78.9 Å². The molecule has 0 aliphatic carbocycles. The Morgan fingerprint density at radius 3 is 2.30 bits per heavy atom. The van der Waals surface area contributed by atoms with Crippen LogP contribution in [0, 0.1) is 10.1 Å². The molecule has 0 radical (unpaired) electrons. The van der Waals surface area contributed by atoms with Crippen LogP contribution in [0.25, 0.3) is 33.3 Å². The lowest BCUT2D eigenvalue weighted by atomic mass is 9.98. The number of halogens is 1. The number of benzene rings is 3. The molecule has 0 unspecified atom stereocenters. The summed E-state index contributed by atoms with van der Waals surface area (Å²) in [7, 11) is 0. The van der Waals surface area contributed by atoms with Gasteiger partial charge in [0.05, 0.1) is 16.1 Å². The van der Waals surface area contributed by atoms with Crippen molar-refractivity contribution >= 4 is 22.3 Å². The summed E-state index contributed by atoms with van der Waals surface area (Å²) in [4.78, 5) is 15.5. The number of nitrogens with zero attached hydrogens (tertiary/aromatic N) is 2. The number of nitro benzene ring substituents is 1. The van der Waals surface area contributed by atoms with Crippen molar-refractivity contribution in [1.82, 2.24) is 4.98 Å². The first-order chi connectivity index (χ1) is 12.6. The minimum absolute atomic E-state index is 0. The fourth-order valence-electron chi connectivity index (χ4n) is 3.03. The number of aromatic nitrogens is 1. The maximum Gasteiger partial charge on any atom is 0.270 e. The summed E-state index contributed by atoms with van der Waals surface area (Å²) in [6.45, 7) is 0. The van der Waals surface area contributed by atoms with Crippen LogP contribution >= 0.6 is 0 Å². The zero-order chi connectivity index (χ0) is 18.1. The predicted molar refractivity (Wildman–Crippen MR) is 104 cm³/mol. The van der Waals surface area contributed by atoms with Crippen LogP contribution in [0.3, 0.4) is 0 Å². The van der Waals surface area contributed by atoms with E-state index in [1.54, 1.807) is 12.1 Å². The molecule has 0 aliphatic heterocycles. The van der Waals surface area contributed by atoms with E-state index in [9.17, 15) is 10.1 Å².